The molecule has 6 heteroatoms. The molecule has 0 bridgehead atoms. The van der Waals surface area contributed by atoms with Crippen molar-refractivity contribution in [1.29, 1.82) is 0 Å². The van der Waals surface area contributed by atoms with E-state index in [0.717, 1.165) is 15.9 Å². The second kappa shape index (κ2) is 4.37. The number of rotatable bonds is 3. The van der Waals surface area contributed by atoms with E-state index in [2.05, 4.69) is 10.4 Å². The number of fused-ring (bicyclic) bond motifs is 1. The summed E-state index contributed by atoms with van der Waals surface area (Å²) in [6.07, 6.45) is 0. The smallest absolute Gasteiger partial charge is 0.261 e. The molecule has 0 saturated carbocycles. The quantitative estimate of drug-likeness (QED) is 0.882. The molecule has 0 fully saturated rings. The average Bonchev–Trinajstić information content (AvgIpc) is 2.82. The molecule has 0 spiro atoms. The van der Waals surface area contributed by atoms with Gasteiger partial charge in [0.2, 0.25) is 0 Å². The summed E-state index contributed by atoms with van der Waals surface area (Å²) in [7, 11) is 1.89. The van der Waals surface area contributed by atoms with Crippen LogP contribution in [0.3, 0.4) is 0 Å². The molecule has 0 aromatic carbocycles. The predicted molar refractivity (Wildman–Crippen MR) is 73.9 cm³/mol. The summed E-state index contributed by atoms with van der Waals surface area (Å²) < 4.78 is 1.81. The van der Waals surface area contributed by atoms with Gasteiger partial charge in [0.25, 0.3) is 5.91 Å². The number of aromatic nitrogens is 2. The van der Waals surface area contributed by atoms with Gasteiger partial charge in [0.1, 0.15) is 4.83 Å². The van der Waals surface area contributed by atoms with Crippen molar-refractivity contribution >= 4 is 27.5 Å². The van der Waals surface area contributed by atoms with Crippen molar-refractivity contribution in [2.24, 2.45) is 12.8 Å². The van der Waals surface area contributed by atoms with E-state index in [4.69, 9.17) is 5.73 Å². The third-order valence-corrected chi connectivity index (χ3v) is 4.08. The molecule has 2 aromatic rings. The van der Waals surface area contributed by atoms with Crippen molar-refractivity contribution in [2.45, 2.75) is 26.3 Å². The topological polar surface area (TPSA) is 72.9 Å². The number of nitrogens with one attached hydrogen (secondary N) is 1. The lowest BCUT2D eigenvalue weighted by atomic mass is 10.1. The van der Waals surface area contributed by atoms with E-state index in [-0.39, 0.29) is 11.4 Å². The van der Waals surface area contributed by atoms with Gasteiger partial charge in [0, 0.05) is 24.5 Å². The van der Waals surface area contributed by atoms with Gasteiger partial charge in [0.05, 0.1) is 10.6 Å². The van der Waals surface area contributed by atoms with E-state index in [1.54, 1.807) is 4.68 Å². The molecular formula is C12H18N4OS. The lowest BCUT2D eigenvalue weighted by molar-refractivity contribution is 0.0920. The fraction of sp³-hybridized carbons (Fsp3) is 0.500. The summed E-state index contributed by atoms with van der Waals surface area (Å²) in [5.74, 6) is -0.0777. The monoisotopic (exact) mass is 266 g/mol. The molecule has 0 aliphatic heterocycles. The van der Waals surface area contributed by atoms with E-state index in [1.165, 1.54) is 11.3 Å². The van der Waals surface area contributed by atoms with Crippen molar-refractivity contribution in [3.05, 3.63) is 16.6 Å². The Morgan fingerprint density at radius 1 is 1.61 bits per heavy atom. The molecule has 0 unspecified atom stereocenters. The maximum absolute atomic E-state index is 12.1. The lowest BCUT2D eigenvalue weighted by Gasteiger charge is -2.23. The van der Waals surface area contributed by atoms with Crippen LogP contribution in [-0.4, -0.2) is 27.8 Å². The summed E-state index contributed by atoms with van der Waals surface area (Å²) in [5.41, 5.74) is 6.17. The molecule has 3 N–H and O–H groups in total. The molecule has 2 rings (SSSR count). The third-order valence-electron chi connectivity index (χ3n) is 2.88. The number of nitrogens with zero attached hydrogens (tertiary/aromatic N) is 2. The number of amides is 1. The maximum Gasteiger partial charge on any atom is 0.261 e. The second-order valence-corrected chi connectivity index (χ2v) is 6.11. The van der Waals surface area contributed by atoms with Crippen LogP contribution in [0.4, 0.5) is 0 Å². The normalized spacial score (nSPS) is 12.1. The Hall–Kier alpha value is -1.40. The minimum absolute atomic E-state index is 0.0777. The van der Waals surface area contributed by atoms with E-state index >= 15 is 0 Å². The van der Waals surface area contributed by atoms with Gasteiger partial charge < -0.3 is 11.1 Å². The molecule has 0 atom stereocenters. The van der Waals surface area contributed by atoms with Gasteiger partial charge in [-0.05, 0) is 26.8 Å². The number of aryl methyl sites for hydroxylation is 2. The molecule has 98 valence electrons. The van der Waals surface area contributed by atoms with E-state index in [9.17, 15) is 4.79 Å². The van der Waals surface area contributed by atoms with Crippen molar-refractivity contribution in [2.75, 3.05) is 6.54 Å². The average molecular weight is 266 g/mol. The van der Waals surface area contributed by atoms with Crippen LogP contribution < -0.4 is 11.1 Å². The Bertz CT molecular complexity index is 562. The van der Waals surface area contributed by atoms with Crippen LogP contribution in [0.15, 0.2) is 6.07 Å². The Balaban J connectivity index is 2.32. The molecule has 2 heterocycles. The number of thiophene rings is 1. The first-order valence-electron chi connectivity index (χ1n) is 5.80. The number of hydrogen-bond donors (Lipinski definition) is 2. The summed E-state index contributed by atoms with van der Waals surface area (Å²) in [5, 5.41) is 8.29. The molecule has 1 amide bonds. The van der Waals surface area contributed by atoms with Crippen molar-refractivity contribution in [3.63, 3.8) is 0 Å². The summed E-state index contributed by atoms with van der Waals surface area (Å²) in [4.78, 5) is 13.8. The summed E-state index contributed by atoms with van der Waals surface area (Å²) >= 11 is 1.45. The van der Waals surface area contributed by atoms with Gasteiger partial charge in [0.15, 0.2) is 0 Å². The zero-order chi connectivity index (χ0) is 13.5. The highest BCUT2D eigenvalue weighted by atomic mass is 32.1. The maximum atomic E-state index is 12.1. The lowest BCUT2D eigenvalue weighted by Crippen LogP contribution is -2.48. The van der Waals surface area contributed by atoms with Crippen LogP contribution in [0.25, 0.3) is 10.2 Å². The highest BCUT2D eigenvalue weighted by Crippen LogP contribution is 2.27. The van der Waals surface area contributed by atoms with Crippen LogP contribution in [0, 0.1) is 6.92 Å². The van der Waals surface area contributed by atoms with Gasteiger partial charge in [-0.3, -0.25) is 9.48 Å². The number of carbonyl (C=O) groups excluding carboxylic acids is 1. The Morgan fingerprint density at radius 3 is 2.83 bits per heavy atom. The highest BCUT2D eigenvalue weighted by Gasteiger charge is 2.21. The third kappa shape index (κ3) is 2.26. The van der Waals surface area contributed by atoms with Gasteiger partial charge in [-0.2, -0.15) is 5.10 Å². The van der Waals surface area contributed by atoms with Gasteiger partial charge in [-0.1, -0.05) is 0 Å². The van der Waals surface area contributed by atoms with Crippen molar-refractivity contribution < 1.29 is 4.79 Å². The van der Waals surface area contributed by atoms with Gasteiger partial charge in [-0.25, -0.2) is 0 Å². The first-order chi connectivity index (χ1) is 8.34. The summed E-state index contributed by atoms with van der Waals surface area (Å²) in [6, 6.07) is 1.89. The largest absolute Gasteiger partial charge is 0.345 e. The van der Waals surface area contributed by atoms with Crippen LogP contribution >= 0.6 is 11.3 Å². The van der Waals surface area contributed by atoms with Crippen molar-refractivity contribution in [3.8, 4) is 0 Å². The molecule has 0 aliphatic carbocycles. The number of nitrogens with two attached hydrogens (primary N) is 1. The van der Waals surface area contributed by atoms with Crippen LogP contribution in [0.1, 0.15) is 29.2 Å². The van der Waals surface area contributed by atoms with E-state index < -0.39 is 0 Å². The zero-order valence-corrected chi connectivity index (χ0v) is 11.9. The van der Waals surface area contributed by atoms with E-state index in [1.807, 2.05) is 33.9 Å². The SMILES string of the molecule is Cc1nn(C)c2sc(C(=O)NC(C)(C)CN)cc12. The van der Waals surface area contributed by atoms with Gasteiger partial charge in [-0.15, -0.1) is 11.3 Å². The fourth-order valence-electron chi connectivity index (χ4n) is 1.74. The Kier molecular flexibility index (Phi) is 3.16. The number of hydrogen-bond acceptors (Lipinski definition) is 4. The first kappa shape index (κ1) is 13.0. The van der Waals surface area contributed by atoms with Crippen molar-refractivity contribution in [1.82, 2.24) is 15.1 Å². The second-order valence-electron chi connectivity index (χ2n) is 5.08. The zero-order valence-electron chi connectivity index (χ0n) is 11.1. The van der Waals surface area contributed by atoms with Crippen LogP contribution in [-0.2, 0) is 7.05 Å². The molecule has 0 saturated heterocycles. The molecule has 5 nitrogen and oxygen atoms in total. The van der Waals surface area contributed by atoms with Crippen LogP contribution in [0.2, 0.25) is 0 Å². The predicted octanol–water partition coefficient (Wildman–Crippen LogP) is 1.41. The highest BCUT2D eigenvalue weighted by molar-refractivity contribution is 7.20. The van der Waals surface area contributed by atoms with Crippen LogP contribution in [0.5, 0.6) is 0 Å². The Morgan fingerprint density at radius 2 is 2.28 bits per heavy atom. The van der Waals surface area contributed by atoms with E-state index in [0.29, 0.717) is 11.4 Å². The molecule has 18 heavy (non-hydrogen) atoms. The Labute approximate surface area is 110 Å². The molecule has 2 aromatic heterocycles. The minimum Gasteiger partial charge on any atom is -0.345 e. The first-order valence-corrected chi connectivity index (χ1v) is 6.61. The standard InChI is InChI=1S/C12H18N4OS/c1-7-8-5-9(18-11(8)16(4)15-7)10(17)14-12(2,3)6-13/h5H,6,13H2,1-4H3,(H,14,17). The summed E-state index contributed by atoms with van der Waals surface area (Å²) in [6.45, 7) is 6.17. The van der Waals surface area contributed by atoms with Gasteiger partial charge >= 0.3 is 0 Å². The molecular weight excluding hydrogens is 248 g/mol. The molecule has 0 aliphatic rings. The minimum atomic E-state index is -0.388. The molecule has 0 radical (unpaired) electrons. The fourth-order valence-corrected chi connectivity index (χ4v) is 2.76. The number of carbonyl (C=O) groups is 1.